The number of Topliss-reactive ketones (excluding diaryl/α,β-unsaturated/α-hetero) is 1. The Labute approximate surface area is 152 Å². The van der Waals surface area contributed by atoms with E-state index in [-0.39, 0.29) is 24.0 Å². The molecule has 0 aliphatic heterocycles. The van der Waals surface area contributed by atoms with Gasteiger partial charge in [0.25, 0.3) is 0 Å². The third-order valence-electron chi connectivity index (χ3n) is 7.06. The molecule has 0 heterocycles. The average molecular weight is 324 g/mol. The minimum Gasteiger partial charge on any atom is -0.300 e. The van der Waals surface area contributed by atoms with Crippen LogP contribution in [0.15, 0.2) is 11.6 Å². The van der Waals surface area contributed by atoms with E-state index >= 15 is 0 Å². The lowest BCUT2D eigenvalue weighted by Crippen LogP contribution is -2.51. The Kier molecular flexibility index (Phi) is 1.85. The first kappa shape index (κ1) is 8.45. The Balaban J connectivity index is 2.01. The van der Waals surface area contributed by atoms with E-state index in [1.165, 1.54) is 13.8 Å². The molecule has 0 aromatic heterocycles. The van der Waals surface area contributed by atoms with Crippen molar-refractivity contribution >= 4 is 11.6 Å². The lowest BCUT2D eigenvalue weighted by atomic mass is 9.47. The molecule has 0 spiro atoms. The maximum atomic E-state index is 12.7. The summed E-state index contributed by atoms with van der Waals surface area (Å²) in [6.07, 6.45) is -9.38. The van der Waals surface area contributed by atoms with Gasteiger partial charge in [0.1, 0.15) is 5.78 Å². The van der Waals surface area contributed by atoms with Crippen molar-refractivity contribution in [1.82, 2.24) is 0 Å². The van der Waals surface area contributed by atoms with Gasteiger partial charge >= 0.3 is 0 Å². The van der Waals surface area contributed by atoms with E-state index < -0.39 is 65.6 Å². The number of allylic oxidation sites excluding steroid dienone is 1. The van der Waals surface area contributed by atoms with Crippen molar-refractivity contribution < 1.29 is 21.9 Å². The second-order valence-corrected chi connectivity index (χ2v) is 8.07. The van der Waals surface area contributed by atoms with Crippen molar-refractivity contribution in [1.29, 1.82) is 0 Å². The summed E-state index contributed by atoms with van der Waals surface area (Å²) in [5.41, 5.74) is -2.98. The molecule has 4 aliphatic carbocycles. The van der Waals surface area contributed by atoms with Crippen LogP contribution < -0.4 is 0 Å². The van der Waals surface area contributed by atoms with Crippen LogP contribution in [0, 0.1) is 34.5 Å². The Morgan fingerprint density at radius 3 is 2.78 bits per heavy atom. The predicted octanol–water partition coefficient (Wildman–Crippen LogP) is 4.72. The highest BCUT2D eigenvalue weighted by Crippen LogP contribution is 2.66. The van der Waals surface area contributed by atoms with Crippen LogP contribution >= 0.6 is 0 Å². The van der Waals surface area contributed by atoms with Gasteiger partial charge < -0.3 is 0 Å². The van der Waals surface area contributed by atoms with Crippen molar-refractivity contribution in [3.05, 3.63) is 11.6 Å². The van der Waals surface area contributed by atoms with Crippen LogP contribution in [0.1, 0.15) is 84.3 Å². The van der Waals surface area contributed by atoms with E-state index in [1.54, 1.807) is 0 Å². The van der Waals surface area contributed by atoms with E-state index in [0.29, 0.717) is 19.3 Å². The van der Waals surface area contributed by atoms with Gasteiger partial charge in [-0.25, -0.2) is 0 Å². The number of carbonyl (C=O) groups excluding carboxylic acids is 2. The maximum Gasteiger partial charge on any atom is 0.155 e. The first-order valence-electron chi connectivity index (χ1n) is 13.1. The molecule has 4 aliphatic rings. The van der Waals surface area contributed by atoms with Crippen LogP contribution in [0.2, 0.25) is 0 Å². The number of ketones is 2. The van der Waals surface area contributed by atoms with Gasteiger partial charge in [-0.1, -0.05) is 19.4 Å². The molecular formula is C21H30O2. The summed E-state index contributed by atoms with van der Waals surface area (Å²) in [6, 6.07) is -0.943. The van der Waals surface area contributed by atoms with Crippen molar-refractivity contribution in [2.75, 3.05) is 0 Å². The van der Waals surface area contributed by atoms with Gasteiger partial charge in [0, 0.05) is 23.3 Å². The molecule has 4 rings (SSSR count). The molecule has 3 fully saturated rings. The monoisotopic (exact) mass is 323 g/mol. The quantitative estimate of drug-likeness (QED) is 0.699. The van der Waals surface area contributed by atoms with E-state index in [2.05, 4.69) is 0 Å². The van der Waals surface area contributed by atoms with Gasteiger partial charge in [0.2, 0.25) is 0 Å². The topological polar surface area (TPSA) is 34.1 Å². The number of hydrogen-bond donors (Lipinski definition) is 0. The third-order valence-corrected chi connectivity index (χ3v) is 7.06. The Morgan fingerprint density at radius 2 is 2.04 bits per heavy atom. The fraction of sp³-hybridized carbons (Fsp3) is 0.810. The molecule has 0 unspecified atom stereocenters. The lowest BCUT2D eigenvalue weighted by molar-refractivity contribution is -0.128. The zero-order valence-corrected chi connectivity index (χ0v) is 14.0. The van der Waals surface area contributed by atoms with Crippen LogP contribution in [0.3, 0.4) is 0 Å². The maximum absolute atomic E-state index is 12.7. The zero-order valence-electron chi connectivity index (χ0n) is 23.0. The molecule has 2 heteroatoms. The molecule has 3 saturated carbocycles. The summed E-state index contributed by atoms with van der Waals surface area (Å²) >= 11 is 0. The molecule has 0 aromatic carbocycles. The molecule has 0 radical (unpaired) electrons. The second-order valence-electron chi connectivity index (χ2n) is 8.07. The molecule has 23 heavy (non-hydrogen) atoms. The largest absolute Gasteiger partial charge is 0.300 e. The first-order valence-corrected chi connectivity index (χ1v) is 8.60. The van der Waals surface area contributed by atoms with Gasteiger partial charge in [-0.05, 0) is 86.4 Å². The molecule has 0 aromatic rings. The van der Waals surface area contributed by atoms with Crippen LogP contribution in [0.5, 0.6) is 0 Å². The summed E-state index contributed by atoms with van der Waals surface area (Å²) < 4.78 is 77.8. The highest BCUT2D eigenvalue weighted by atomic mass is 16.1. The Hall–Kier alpha value is -0.920. The van der Waals surface area contributed by atoms with Crippen molar-refractivity contribution in [2.45, 2.75) is 71.9 Å². The summed E-state index contributed by atoms with van der Waals surface area (Å²) in [6.45, 7) is 4.85. The van der Waals surface area contributed by atoms with Crippen molar-refractivity contribution in [2.24, 2.45) is 34.5 Å². The molecule has 126 valence electrons. The van der Waals surface area contributed by atoms with E-state index in [4.69, 9.17) is 12.3 Å². The van der Waals surface area contributed by atoms with E-state index in [9.17, 15) is 9.59 Å². The standard InChI is InChI=1S/C21H30O2/c1-13(22)17-6-7-18-16-5-4-14-12-15(23)8-10-20(14,2)19(16)9-11-21(17,18)3/h12,16-19H,4-11H2,1-3H3/t16-,17+,18-,19-,20-,21+/m0/s1/i4D2,5D2,8D2,10D2,12D. The van der Waals surface area contributed by atoms with Crippen LogP contribution in [0.4, 0.5) is 0 Å². The summed E-state index contributed by atoms with van der Waals surface area (Å²) in [7, 11) is 0. The molecule has 0 N–H and O–H groups in total. The number of hydrogen-bond acceptors (Lipinski definition) is 2. The highest BCUT2D eigenvalue weighted by Gasteiger charge is 2.59. The van der Waals surface area contributed by atoms with Crippen LogP contribution in [-0.4, -0.2) is 11.6 Å². The Morgan fingerprint density at radius 1 is 1.26 bits per heavy atom. The van der Waals surface area contributed by atoms with E-state index in [1.807, 2.05) is 6.92 Å². The fourth-order valence-corrected chi connectivity index (χ4v) is 5.77. The predicted molar refractivity (Wildman–Crippen MR) is 90.9 cm³/mol. The van der Waals surface area contributed by atoms with Crippen LogP contribution in [0.25, 0.3) is 0 Å². The normalized spacial score (nSPS) is 64.0. The summed E-state index contributed by atoms with van der Waals surface area (Å²) in [5, 5.41) is 0. The number of carbonyl (C=O) groups is 2. The van der Waals surface area contributed by atoms with Gasteiger partial charge in [0.15, 0.2) is 5.78 Å². The second kappa shape index (κ2) is 5.04. The smallest absolute Gasteiger partial charge is 0.155 e. The average Bonchev–Trinajstić information content (AvgIpc) is 3.01. The molecule has 0 bridgehead atoms. The third kappa shape index (κ3) is 2.06. The van der Waals surface area contributed by atoms with Gasteiger partial charge in [-0.2, -0.15) is 0 Å². The van der Waals surface area contributed by atoms with Crippen molar-refractivity contribution in [3.63, 3.8) is 0 Å². The lowest BCUT2D eigenvalue weighted by Gasteiger charge is -2.58. The summed E-state index contributed by atoms with van der Waals surface area (Å²) in [5.74, 6) is -3.86. The molecule has 0 amide bonds. The number of fused-ring (bicyclic) bond motifs is 5. The zero-order chi connectivity index (χ0) is 24.4. The van der Waals surface area contributed by atoms with Gasteiger partial charge in [-0.3, -0.25) is 9.59 Å². The summed E-state index contributed by atoms with van der Waals surface area (Å²) in [4.78, 5) is 25.0. The van der Waals surface area contributed by atoms with Crippen molar-refractivity contribution in [3.8, 4) is 0 Å². The molecular weight excluding hydrogens is 284 g/mol. The fourth-order valence-electron chi connectivity index (χ4n) is 5.77. The minimum absolute atomic E-state index is 0.0167. The van der Waals surface area contributed by atoms with E-state index in [0.717, 1.165) is 0 Å². The van der Waals surface area contributed by atoms with Gasteiger partial charge in [0.05, 0.1) is 1.37 Å². The van der Waals surface area contributed by atoms with Crippen LogP contribution in [-0.2, 0) is 9.59 Å². The minimum atomic E-state index is -3.04. The highest BCUT2D eigenvalue weighted by molar-refractivity contribution is 5.91. The SMILES string of the molecule is [2H]C1=C2C([2H])([2H])C([2H])([2H])[C@H]3[C@@H]4CC[C@H](C(C)=O)[C@@]4(C)CC[C@@H]3[C@@]2(C)C([2H])([2H])C([2H])([2H])C1=O. The molecule has 0 saturated heterocycles. The number of rotatable bonds is 1. The molecule has 6 atom stereocenters. The Bertz CT molecular complexity index is 940. The molecule has 2 nitrogen and oxygen atoms in total. The van der Waals surface area contributed by atoms with Gasteiger partial charge in [-0.15, -0.1) is 0 Å². The first-order chi connectivity index (χ1) is 14.3.